The molecule has 1 amide bonds. The molecule has 2 atom stereocenters. The molecule has 2 rings (SSSR count). The summed E-state index contributed by atoms with van der Waals surface area (Å²) in [6, 6.07) is 5.22. The molecule has 0 saturated heterocycles. The van der Waals surface area contributed by atoms with E-state index in [4.69, 9.17) is 28.9 Å². The van der Waals surface area contributed by atoms with Crippen molar-refractivity contribution in [1.82, 2.24) is 0 Å². The first-order chi connectivity index (χ1) is 8.56. The predicted octanol–water partition coefficient (Wildman–Crippen LogP) is 3.87. The van der Waals surface area contributed by atoms with E-state index in [1.165, 1.54) is 0 Å². The summed E-state index contributed by atoms with van der Waals surface area (Å²) in [6.45, 7) is 0. The second-order valence-corrected chi connectivity index (χ2v) is 5.56. The normalized spacial score (nSPS) is 22.5. The van der Waals surface area contributed by atoms with E-state index in [2.05, 4.69) is 5.32 Å². The highest BCUT2D eigenvalue weighted by atomic mass is 35.5. The Balaban J connectivity index is 0.00000180. The number of nitrogens with one attached hydrogen (secondary N) is 1. The average molecular weight is 324 g/mol. The van der Waals surface area contributed by atoms with Gasteiger partial charge in [-0.1, -0.05) is 29.6 Å². The number of carbonyl (C=O) groups excluding carboxylic acids is 1. The van der Waals surface area contributed by atoms with E-state index < -0.39 is 0 Å². The molecule has 0 aliphatic heterocycles. The Morgan fingerprint density at radius 1 is 1.26 bits per heavy atom. The van der Waals surface area contributed by atoms with Gasteiger partial charge in [0.25, 0.3) is 0 Å². The molecule has 106 valence electrons. The van der Waals surface area contributed by atoms with Gasteiger partial charge in [-0.2, -0.15) is 0 Å². The molecule has 1 aliphatic rings. The number of benzene rings is 1. The zero-order valence-electron chi connectivity index (χ0n) is 10.4. The van der Waals surface area contributed by atoms with Gasteiger partial charge in [-0.05, 0) is 37.5 Å². The molecule has 3 N–H and O–H groups in total. The van der Waals surface area contributed by atoms with Crippen LogP contribution in [0.2, 0.25) is 10.0 Å². The minimum absolute atomic E-state index is 0. The van der Waals surface area contributed by atoms with Crippen LogP contribution in [0.5, 0.6) is 0 Å². The van der Waals surface area contributed by atoms with Gasteiger partial charge in [0.15, 0.2) is 0 Å². The number of amides is 1. The van der Waals surface area contributed by atoms with Crippen molar-refractivity contribution in [1.29, 1.82) is 0 Å². The SMILES string of the molecule is Cl.NC1CCCC(C(=O)Nc2ccc(Cl)c(Cl)c2)C1. The van der Waals surface area contributed by atoms with Crippen LogP contribution in [0.15, 0.2) is 18.2 Å². The number of carbonyl (C=O) groups is 1. The largest absolute Gasteiger partial charge is 0.328 e. The van der Waals surface area contributed by atoms with Crippen molar-refractivity contribution in [3.05, 3.63) is 28.2 Å². The molecule has 0 spiro atoms. The summed E-state index contributed by atoms with van der Waals surface area (Å²) in [5.74, 6) is 0.0201. The summed E-state index contributed by atoms with van der Waals surface area (Å²) in [5.41, 5.74) is 6.56. The van der Waals surface area contributed by atoms with Crippen molar-refractivity contribution in [3.8, 4) is 0 Å². The van der Waals surface area contributed by atoms with Crippen LogP contribution >= 0.6 is 35.6 Å². The fraction of sp³-hybridized carbons (Fsp3) is 0.462. The van der Waals surface area contributed by atoms with Crippen LogP contribution in [0.4, 0.5) is 5.69 Å². The van der Waals surface area contributed by atoms with Crippen LogP contribution in [0.25, 0.3) is 0 Å². The maximum absolute atomic E-state index is 12.1. The maximum Gasteiger partial charge on any atom is 0.227 e. The van der Waals surface area contributed by atoms with Crippen LogP contribution in [-0.2, 0) is 4.79 Å². The fourth-order valence-electron chi connectivity index (χ4n) is 2.28. The van der Waals surface area contributed by atoms with Gasteiger partial charge in [-0.3, -0.25) is 4.79 Å². The predicted molar refractivity (Wildman–Crippen MR) is 82.3 cm³/mol. The lowest BCUT2D eigenvalue weighted by Crippen LogP contribution is -2.34. The molecule has 1 fully saturated rings. The first-order valence-electron chi connectivity index (χ1n) is 6.08. The number of halogens is 3. The van der Waals surface area contributed by atoms with Crippen LogP contribution < -0.4 is 11.1 Å². The number of hydrogen-bond donors (Lipinski definition) is 2. The number of nitrogens with two attached hydrogens (primary N) is 1. The molecule has 0 heterocycles. The summed E-state index contributed by atoms with van der Waals surface area (Å²) >= 11 is 11.7. The summed E-state index contributed by atoms with van der Waals surface area (Å²) in [5, 5.41) is 3.78. The Labute approximate surface area is 129 Å². The Morgan fingerprint density at radius 3 is 2.63 bits per heavy atom. The number of anilines is 1. The van der Waals surface area contributed by atoms with Crippen molar-refractivity contribution in [2.45, 2.75) is 31.7 Å². The van der Waals surface area contributed by atoms with Crippen molar-refractivity contribution in [2.24, 2.45) is 11.7 Å². The van der Waals surface area contributed by atoms with Gasteiger partial charge in [0.1, 0.15) is 0 Å². The van der Waals surface area contributed by atoms with Gasteiger partial charge in [0.2, 0.25) is 5.91 Å². The monoisotopic (exact) mass is 322 g/mol. The third kappa shape index (κ3) is 4.53. The minimum Gasteiger partial charge on any atom is -0.328 e. The maximum atomic E-state index is 12.1. The van der Waals surface area contributed by atoms with Gasteiger partial charge in [0, 0.05) is 17.6 Å². The molecule has 1 aromatic carbocycles. The Hall–Kier alpha value is -0.480. The molecule has 1 aromatic rings. The molecule has 19 heavy (non-hydrogen) atoms. The molecule has 0 radical (unpaired) electrons. The summed E-state index contributed by atoms with van der Waals surface area (Å²) < 4.78 is 0. The van der Waals surface area contributed by atoms with E-state index in [1.807, 2.05) is 0 Å². The van der Waals surface area contributed by atoms with Crippen molar-refractivity contribution < 1.29 is 4.79 Å². The van der Waals surface area contributed by atoms with E-state index >= 15 is 0 Å². The average Bonchev–Trinajstić information content (AvgIpc) is 2.34. The molecule has 0 bridgehead atoms. The zero-order chi connectivity index (χ0) is 13.1. The first kappa shape index (κ1) is 16.6. The number of hydrogen-bond acceptors (Lipinski definition) is 2. The minimum atomic E-state index is 0. The lowest BCUT2D eigenvalue weighted by Gasteiger charge is -2.25. The van der Waals surface area contributed by atoms with Crippen LogP contribution in [0, 0.1) is 5.92 Å². The van der Waals surface area contributed by atoms with Gasteiger partial charge in [0.05, 0.1) is 10.0 Å². The molecule has 2 unspecified atom stereocenters. The molecule has 3 nitrogen and oxygen atoms in total. The Kier molecular flexibility index (Phi) is 6.40. The summed E-state index contributed by atoms with van der Waals surface area (Å²) in [7, 11) is 0. The molecule has 6 heteroatoms. The van der Waals surface area contributed by atoms with E-state index in [0.29, 0.717) is 15.7 Å². The highest BCUT2D eigenvalue weighted by Crippen LogP contribution is 2.27. The highest BCUT2D eigenvalue weighted by Gasteiger charge is 2.25. The molecular formula is C13H17Cl3N2O. The van der Waals surface area contributed by atoms with Crippen molar-refractivity contribution >= 4 is 47.2 Å². The topological polar surface area (TPSA) is 55.1 Å². The van der Waals surface area contributed by atoms with Gasteiger partial charge in [-0.15, -0.1) is 12.4 Å². The number of rotatable bonds is 2. The summed E-state index contributed by atoms with van der Waals surface area (Å²) in [6.07, 6.45) is 3.69. The van der Waals surface area contributed by atoms with Gasteiger partial charge in [-0.25, -0.2) is 0 Å². The van der Waals surface area contributed by atoms with Crippen LogP contribution in [0.3, 0.4) is 0 Å². The Morgan fingerprint density at radius 2 is 2.00 bits per heavy atom. The second-order valence-electron chi connectivity index (χ2n) is 4.74. The molecular weight excluding hydrogens is 307 g/mol. The third-order valence-electron chi connectivity index (χ3n) is 3.27. The summed E-state index contributed by atoms with van der Waals surface area (Å²) in [4.78, 5) is 12.1. The molecule has 1 aliphatic carbocycles. The van der Waals surface area contributed by atoms with Gasteiger partial charge < -0.3 is 11.1 Å². The van der Waals surface area contributed by atoms with Crippen LogP contribution in [0.1, 0.15) is 25.7 Å². The molecule has 1 saturated carbocycles. The lowest BCUT2D eigenvalue weighted by atomic mass is 9.85. The molecule has 0 aromatic heterocycles. The van der Waals surface area contributed by atoms with E-state index in [-0.39, 0.29) is 30.3 Å². The van der Waals surface area contributed by atoms with Crippen molar-refractivity contribution in [2.75, 3.05) is 5.32 Å². The van der Waals surface area contributed by atoms with E-state index in [9.17, 15) is 4.79 Å². The zero-order valence-corrected chi connectivity index (χ0v) is 12.7. The lowest BCUT2D eigenvalue weighted by molar-refractivity contribution is -0.120. The third-order valence-corrected chi connectivity index (χ3v) is 4.01. The standard InChI is InChI=1S/C13H16Cl2N2O.ClH/c14-11-5-4-10(7-12(11)15)17-13(18)8-2-1-3-9(16)6-8;/h4-5,7-9H,1-3,6,16H2,(H,17,18);1H. The highest BCUT2D eigenvalue weighted by molar-refractivity contribution is 6.42. The smallest absolute Gasteiger partial charge is 0.227 e. The quantitative estimate of drug-likeness (QED) is 0.868. The fourth-order valence-corrected chi connectivity index (χ4v) is 2.58. The van der Waals surface area contributed by atoms with Crippen molar-refractivity contribution in [3.63, 3.8) is 0 Å². The van der Waals surface area contributed by atoms with E-state index in [0.717, 1.165) is 25.7 Å². The van der Waals surface area contributed by atoms with Gasteiger partial charge >= 0.3 is 0 Å². The van der Waals surface area contributed by atoms with Crippen LogP contribution in [-0.4, -0.2) is 11.9 Å². The Bertz CT molecular complexity index is 454. The van der Waals surface area contributed by atoms with E-state index in [1.54, 1.807) is 18.2 Å². The second kappa shape index (κ2) is 7.34. The first-order valence-corrected chi connectivity index (χ1v) is 6.83.